The summed E-state index contributed by atoms with van der Waals surface area (Å²) in [7, 11) is 3.72. The van der Waals surface area contributed by atoms with Crippen LogP contribution in [0.15, 0.2) is 45.5 Å². The smallest absolute Gasteiger partial charge is 0.346 e. The lowest BCUT2D eigenvalue weighted by Crippen LogP contribution is -2.45. The van der Waals surface area contributed by atoms with Crippen molar-refractivity contribution in [3.8, 4) is 6.07 Å². The van der Waals surface area contributed by atoms with Crippen LogP contribution in [0.25, 0.3) is 50.9 Å². The third-order valence-electron chi connectivity index (χ3n) is 6.35. The number of aliphatic carboxylic acids is 1. The van der Waals surface area contributed by atoms with Crippen LogP contribution in [0.3, 0.4) is 0 Å². The van der Waals surface area contributed by atoms with Crippen molar-refractivity contribution in [2.24, 2.45) is 14.1 Å². The first-order valence-corrected chi connectivity index (χ1v) is 10.5. The van der Waals surface area contributed by atoms with Crippen LogP contribution in [0.1, 0.15) is 18.4 Å². The van der Waals surface area contributed by atoms with E-state index in [0.717, 1.165) is 18.2 Å². The molecule has 1 aliphatic rings. The summed E-state index contributed by atoms with van der Waals surface area (Å²) in [5.41, 5.74) is 1.75. The van der Waals surface area contributed by atoms with Gasteiger partial charge in [-0.15, -0.1) is 0 Å². The van der Waals surface area contributed by atoms with Gasteiger partial charge in [0, 0.05) is 40.8 Å². The minimum absolute atomic E-state index is 0.0401. The molecule has 0 bridgehead atoms. The highest BCUT2D eigenvalue weighted by molar-refractivity contribution is 6.02. The minimum Gasteiger partial charge on any atom is -0.477 e. The van der Waals surface area contributed by atoms with Gasteiger partial charge in [-0.25, -0.2) is 4.79 Å². The maximum Gasteiger partial charge on any atom is 0.346 e. The van der Waals surface area contributed by atoms with E-state index >= 15 is 0 Å². The van der Waals surface area contributed by atoms with Crippen molar-refractivity contribution in [2.75, 3.05) is 0 Å². The molecule has 5 rings (SSSR count). The van der Waals surface area contributed by atoms with Gasteiger partial charge in [0.2, 0.25) is 0 Å². The highest BCUT2D eigenvalue weighted by Crippen LogP contribution is 2.23. The third kappa shape index (κ3) is 2.99. The van der Waals surface area contributed by atoms with Gasteiger partial charge < -0.3 is 14.2 Å². The quantitative estimate of drug-likeness (QED) is 0.293. The van der Waals surface area contributed by atoms with E-state index in [4.69, 9.17) is 10.4 Å². The molecule has 4 aromatic rings. The molecule has 33 heavy (non-hydrogen) atoms. The predicted molar refractivity (Wildman–Crippen MR) is 128 cm³/mol. The molecule has 162 valence electrons. The van der Waals surface area contributed by atoms with Crippen LogP contribution in [0.2, 0.25) is 0 Å². The summed E-state index contributed by atoms with van der Waals surface area (Å²) in [6, 6.07) is 10.2. The molecule has 1 aliphatic carbocycles. The zero-order chi connectivity index (χ0) is 23.4. The zero-order valence-electron chi connectivity index (χ0n) is 18.0. The van der Waals surface area contributed by atoms with E-state index in [-0.39, 0.29) is 10.9 Å². The summed E-state index contributed by atoms with van der Waals surface area (Å²) in [5, 5.41) is 21.2. The zero-order valence-corrected chi connectivity index (χ0v) is 18.0. The predicted octanol–water partition coefficient (Wildman–Crippen LogP) is 1.89. The Hall–Kier alpha value is -4.44. The molecular weight excluding hydrogens is 418 g/mol. The molecule has 0 spiro atoms. The van der Waals surface area contributed by atoms with Crippen molar-refractivity contribution in [3.05, 3.63) is 72.5 Å². The van der Waals surface area contributed by atoms with Gasteiger partial charge in [-0.2, -0.15) is 5.26 Å². The number of aromatic nitrogens is 2. The van der Waals surface area contributed by atoms with Crippen LogP contribution in [0, 0.1) is 11.3 Å². The molecule has 2 heterocycles. The number of carboxylic acid groups (broad SMARTS) is 1. The van der Waals surface area contributed by atoms with Gasteiger partial charge in [-0.05, 0) is 48.7 Å². The third-order valence-corrected chi connectivity index (χ3v) is 6.35. The number of rotatable bonds is 2. The average Bonchev–Trinajstić information content (AvgIpc) is 2.83. The number of hydrogen-bond donors (Lipinski definition) is 1. The van der Waals surface area contributed by atoms with Gasteiger partial charge in [-0.3, -0.25) is 9.59 Å². The van der Waals surface area contributed by atoms with Crippen molar-refractivity contribution >= 4 is 56.9 Å². The Morgan fingerprint density at radius 2 is 1.58 bits per heavy atom. The van der Waals surface area contributed by atoms with Gasteiger partial charge in [0.25, 0.3) is 0 Å². The second kappa shape index (κ2) is 7.31. The van der Waals surface area contributed by atoms with Gasteiger partial charge in [0.15, 0.2) is 10.9 Å². The Morgan fingerprint density at radius 1 is 0.939 bits per heavy atom. The number of hydrogen-bond acceptors (Lipinski definition) is 4. The Bertz CT molecular complexity index is 1870. The van der Waals surface area contributed by atoms with Crippen molar-refractivity contribution in [1.29, 1.82) is 5.26 Å². The van der Waals surface area contributed by atoms with E-state index in [1.54, 1.807) is 36.4 Å². The van der Waals surface area contributed by atoms with Crippen molar-refractivity contribution < 1.29 is 9.90 Å². The fraction of sp³-hybridized carbons (Fsp3) is 0.154. The van der Waals surface area contributed by atoms with Gasteiger partial charge in [-0.1, -0.05) is 18.2 Å². The van der Waals surface area contributed by atoms with Crippen molar-refractivity contribution in [1.82, 2.24) is 9.13 Å². The Morgan fingerprint density at radius 3 is 2.27 bits per heavy atom. The van der Waals surface area contributed by atoms with Gasteiger partial charge in [0.05, 0.1) is 16.6 Å². The largest absolute Gasteiger partial charge is 0.477 e. The van der Waals surface area contributed by atoms with Crippen LogP contribution in [-0.2, 0) is 18.9 Å². The molecule has 7 nitrogen and oxygen atoms in total. The lowest BCUT2D eigenvalue weighted by atomic mass is 10.0. The average molecular weight is 437 g/mol. The Balaban J connectivity index is 1.91. The number of benzene rings is 2. The molecule has 0 saturated heterocycles. The molecule has 7 heteroatoms. The molecule has 1 N–H and O–H groups in total. The van der Waals surface area contributed by atoms with E-state index in [2.05, 4.69) is 0 Å². The van der Waals surface area contributed by atoms with E-state index < -0.39 is 11.5 Å². The van der Waals surface area contributed by atoms with E-state index in [0.29, 0.717) is 43.5 Å². The summed E-state index contributed by atoms with van der Waals surface area (Å²) < 4.78 is 3.81. The topological polar surface area (TPSA) is 105 Å². The number of nitrogens with zero attached hydrogens (tertiary/aromatic N) is 3. The summed E-state index contributed by atoms with van der Waals surface area (Å²) in [6.07, 6.45) is 6.96. The van der Waals surface area contributed by atoms with Crippen LogP contribution in [-0.4, -0.2) is 20.2 Å². The Kier molecular flexibility index (Phi) is 4.53. The lowest BCUT2D eigenvalue weighted by Gasteiger charge is -2.15. The number of fused-ring (bicyclic) bond motifs is 4. The molecule has 0 atom stereocenters. The highest BCUT2D eigenvalue weighted by atomic mass is 16.4. The van der Waals surface area contributed by atoms with Crippen LogP contribution in [0.4, 0.5) is 0 Å². The van der Waals surface area contributed by atoms with Gasteiger partial charge >= 0.3 is 5.97 Å². The molecular formula is C26H19N3O4. The molecule has 2 aromatic carbocycles. The summed E-state index contributed by atoms with van der Waals surface area (Å²) >= 11 is 0. The monoisotopic (exact) mass is 437 g/mol. The van der Waals surface area contributed by atoms with Crippen molar-refractivity contribution in [2.45, 2.75) is 12.8 Å². The Labute approximate surface area is 187 Å². The fourth-order valence-electron chi connectivity index (χ4n) is 4.66. The standard InChI is InChI=1S/C26H19N3O4/c1-28-20-6-4-3-5-16(20)24(30)18-11-23-19(12-22(18)28)25(31)17-10-14(7-8-21(17)29(23)2)9-15(13-27)26(32)33/h5-12H,3-4H2,1-2H3,(H,32,33)/b15-9+. The minimum atomic E-state index is -1.33. The number of nitriles is 1. The lowest BCUT2D eigenvalue weighted by molar-refractivity contribution is -0.132. The summed E-state index contributed by atoms with van der Waals surface area (Å²) in [6.45, 7) is 0. The first-order chi connectivity index (χ1) is 15.8. The first kappa shape index (κ1) is 20.5. The van der Waals surface area contributed by atoms with Crippen LogP contribution in [0.5, 0.6) is 0 Å². The van der Waals surface area contributed by atoms with Crippen LogP contribution >= 0.6 is 0 Å². The van der Waals surface area contributed by atoms with E-state index in [1.165, 1.54) is 6.08 Å². The SMILES string of the molecule is Cn1c2c(c(=O)c3cc4c(cc31)c(=O)c1cc(/C=C(\C#N)C(=O)O)ccc1n4C)=CCCC=2. The summed E-state index contributed by atoms with van der Waals surface area (Å²) in [5.74, 6) is -1.33. The van der Waals surface area contributed by atoms with E-state index in [1.807, 2.05) is 35.4 Å². The molecule has 2 aromatic heterocycles. The normalized spacial score (nSPS) is 13.4. The maximum atomic E-state index is 13.5. The number of carboxylic acids is 1. The summed E-state index contributed by atoms with van der Waals surface area (Å²) in [4.78, 5) is 37.9. The van der Waals surface area contributed by atoms with Crippen LogP contribution < -0.4 is 21.4 Å². The van der Waals surface area contributed by atoms with Crippen molar-refractivity contribution in [3.63, 3.8) is 0 Å². The number of pyridine rings is 2. The van der Waals surface area contributed by atoms with E-state index in [9.17, 15) is 14.4 Å². The molecule has 0 radical (unpaired) electrons. The van der Waals surface area contributed by atoms with Gasteiger partial charge in [0.1, 0.15) is 11.6 Å². The molecule has 0 fully saturated rings. The number of aryl methyl sites for hydroxylation is 2. The molecule has 0 amide bonds. The highest BCUT2D eigenvalue weighted by Gasteiger charge is 2.15. The molecule has 0 saturated carbocycles. The maximum absolute atomic E-state index is 13.5. The second-order valence-electron chi connectivity index (χ2n) is 8.20. The second-order valence-corrected chi connectivity index (χ2v) is 8.20. The first-order valence-electron chi connectivity index (χ1n) is 10.5. The molecule has 0 unspecified atom stereocenters. The molecule has 0 aliphatic heterocycles. The fourth-order valence-corrected chi connectivity index (χ4v) is 4.66. The number of carbonyl (C=O) groups is 1.